The van der Waals surface area contributed by atoms with Gasteiger partial charge in [0, 0.05) is 11.8 Å². The van der Waals surface area contributed by atoms with Crippen molar-refractivity contribution in [3.05, 3.63) is 24.3 Å². The van der Waals surface area contributed by atoms with Crippen molar-refractivity contribution in [1.29, 1.82) is 0 Å². The molecular formula is C15H22O. The van der Waals surface area contributed by atoms with Crippen molar-refractivity contribution in [2.45, 2.75) is 40.0 Å². The van der Waals surface area contributed by atoms with Gasteiger partial charge in [-0.15, -0.1) is 0 Å². The Morgan fingerprint density at radius 3 is 2.75 bits per heavy atom. The maximum absolute atomic E-state index is 12.4. The van der Waals surface area contributed by atoms with Crippen LogP contribution < -0.4 is 0 Å². The Kier molecular flexibility index (Phi) is 2.81. The lowest BCUT2D eigenvalue weighted by atomic mass is 9.51. The van der Waals surface area contributed by atoms with Gasteiger partial charge in [0.15, 0.2) is 0 Å². The molecule has 1 saturated carbocycles. The van der Waals surface area contributed by atoms with E-state index in [0.29, 0.717) is 11.7 Å². The molecule has 1 fully saturated rings. The van der Waals surface area contributed by atoms with Gasteiger partial charge < -0.3 is 0 Å². The minimum Gasteiger partial charge on any atom is -0.299 e. The third-order valence-corrected chi connectivity index (χ3v) is 4.33. The first-order valence-corrected chi connectivity index (χ1v) is 6.31. The normalized spacial score (nSPS) is 38.1. The smallest absolute Gasteiger partial charge is 0.143 e. The quantitative estimate of drug-likeness (QED) is 0.566. The zero-order valence-corrected chi connectivity index (χ0v) is 10.6. The average molecular weight is 218 g/mol. The summed E-state index contributed by atoms with van der Waals surface area (Å²) in [5.74, 6) is 1.15. The van der Waals surface area contributed by atoms with Gasteiger partial charge in [0.05, 0.1) is 0 Å². The highest BCUT2D eigenvalue weighted by atomic mass is 16.1. The summed E-state index contributed by atoms with van der Waals surface area (Å²) in [6, 6.07) is 0. The van der Waals surface area contributed by atoms with Crippen molar-refractivity contribution in [3.63, 3.8) is 0 Å². The van der Waals surface area contributed by atoms with E-state index in [-0.39, 0.29) is 17.3 Å². The Morgan fingerprint density at radius 1 is 1.44 bits per heavy atom. The Labute approximate surface area is 98.6 Å². The van der Waals surface area contributed by atoms with Crippen molar-refractivity contribution in [3.8, 4) is 0 Å². The predicted octanol–water partition coefficient (Wildman–Crippen LogP) is 3.76. The van der Waals surface area contributed by atoms with Gasteiger partial charge in [-0.2, -0.15) is 0 Å². The summed E-state index contributed by atoms with van der Waals surface area (Å²) in [5, 5.41) is 0. The van der Waals surface area contributed by atoms with Crippen LogP contribution in [0.25, 0.3) is 0 Å². The first kappa shape index (κ1) is 11.6. The fraction of sp³-hybridized carbons (Fsp3) is 0.667. The lowest BCUT2D eigenvalue weighted by Crippen LogP contribution is -2.50. The number of Topliss-reactive ketones (excluding diaryl/α,β-unsaturated/α-hetero) is 1. The van der Waals surface area contributed by atoms with Gasteiger partial charge in [-0.3, -0.25) is 4.79 Å². The molecule has 0 aliphatic heterocycles. The molecule has 3 atom stereocenters. The summed E-state index contributed by atoms with van der Waals surface area (Å²) in [5.41, 5.74) is 1.47. The Morgan fingerprint density at radius 2 is 2.12 bits per heavy atom. The van der Waals surface area contributed by atoms with Crippen molar-refractivity contribution in [2.24, 2.45) is 23.2 Å². The third kappa shape index (κ3) is 1.77. The average Bonchev–Trinajstić information content (AvgIpc) is 2.22. The molecule has 0 amide bonds. The molecule has 0 aromatic rings. The monoisotopic (exact) mass is 218 g/mol. The molecule has 16 heavy (non-hydrogen) atoms. The van der Waals surface area contributed by atoms with Crippen molar-refractivity contribution >= 4 is 5.78 Å². The minimum atomic E-state index is 0.0815. The van der Waals surface area contributed by atoms with E-state index >= 15 is 0 Å². The van der Waals surface area contributed by atoms with Crippen LogP contribution in [0, 0.1) is 23.2 Å². The first-order valence-electron chi connectivity index (χ1n) is 6.31. The summed E-state index contributed by atoms with van der Waals surface area (Å²) in [6.07, 6.45) is 7.45. The van der Waals surface area contributed by atoms with Crippen LogP contribution in [0.4, 0.5) is 0 Å². The minimum absolute atomic E-state index is 0.0815. The van der Waals surface area contributed by atoms with Gasteiger partial charge in [0.25, 0.3) is 0 Å². The van der Waals surface area contributed by atoms with Crippen LogP contribution in [-0.4, -0.2) is 5.78 Å². The van der Waals surface area contributed by atoms with E-state index in [0.717, 1.165) is 19.3 Å². The van der Waals surface area contributed by atoms with E-state index in [1.165, 1.54) is 5.57 Å². The van der Waals surface area contributed by atoms with Crippen molar-refractivity contribution in [1.82, 2.24) is 0 Å². The zero-order chi connectivity index (χ0) is 11.9. The Bertz CT molecular complexity index is 348. The van der Waals surface area contributed by atoms with Crippen LogP contribution in [0.1, 0.15) is 40.0 Å². The number of ketones is 1. The fourth-order valence-electron chi connectivity index (χ4n) is 3.29. The molecule has 0 saturated heterocycles. The van der Waals surface area contributed by atoms with E-state index in [2.05, 4.69) is 32.6 Å². The predicted molar refractivity (Wildman–Crippen MR) is 67.1 cm³/mol. The van der Waals surface area contributed by atoms with Gasteiger partial charge in [0.1, 0.15) is 5.78 Å². The molecule has 88 valence electrons. The van der Waals surface area contributed by atoms with E-state index in [4.69, 9.17) is 0 Å². The maximum Gasteiger partial charge on any atom is 0.143 e. The summed E-state index contributed by atoms with van der Waals surface area (Å²) in [7, 11) is 0. The second-order valence-corrected chi connectivity index (χ2v) is 6.09. The number of carbonyl (C=O) groups excluding carboxylic acids is 1. The van der Waals surface area contributed by atoms with Crippen LogP contribution in [0.2, 0.25) is 0 Å². The molecule has 0 aromatic heterocycles. The number of fused-ring (bicyclic) bond motifs is 1. The van der Waals surface area contributed by atoms with Crippen LogP contribution in [0.3, 0.4) is 0 Å². The Hall–Kier alpha value is -0.850. The fourth-order valence-corrected chi connectivity index (χ4v) is 3.29. The summed E-state index contributed by atoms with van der Waals surface area (Å²) < 4.78 is 0. The van der Waals surface area contributed by atoms with E-state index in [9.17, 15) is 4.79 Å². The highest BCUT2D eigenvalue weighted by Crippen LogP contribution is 2.55. The number of rotatable bonds is 0. The van der Waals surface area contributed by atoms with Crippen LogP contribution in [-0.2, 0) is 4.79 Å². The zero-order valence-electron chi connectivity index (χ0n) is 10.6. The maximum atomic E-state index is 12.4. The number of allylic oxidation sites excluding steroid dienone is 3. The molecule has 0 aromatic carbocycles. The Balaban J connectivity index is 2.28. The van der Waals surface area contributed by atoms with Gasteiger partial charge in [0.2, 0.25) is 0 Å². The molecule has 1 heteroatoms. The summed E-state index contributed by atoms with van der Waals surface area (Å²) in [6.45, 7) is 10.6. The number of carbonyl (C=O) groups is 1. The molecule has 0 spiro atoms. The highest BCUT2D eigenvalue weighted by Gasteiger charge is 2.52. The van der Waals surface area contributed by atoms with Gasteiger partial charge in [-0.05, 0) is 30.6 Å². The number of hydrogen-bond donors (Lipinski definition) is 0. The third-order valence-electron chi connectivity index (χ3n) is 4.33. The lowest BCUT2D eigenvalue weighted by molar-refractivity contribution is -0.138. The molecule has 3 unspecified atom stereocenters. The van der Waals surface area contributed by atoms with E-state index < -0.39 is 0 Å². The molecular weight excluding hydrogens is 196 g/mol. The van der Waals surface area contributed by atoms with E-state index in [1.807, 2.05) is 6.92 Å². The number of hydrogen-bond acceptors (Lipinski definition) is 1. The molecule has 0 radical (unpaired) electrons. The van der Waals surface area contributed by atoms with Crippen molar-refractivity contribution in [2.75, 3.05) is 0 Å². The van der Waals surface area contributed by atoms with Crippen LogP contribution in [0.5, 0.6) is 0 Å². The summed E-state index contributed by atoms with van der Waals surface area (Å²) in [4.78, 5) is 12.4. The van der Waals surface area contributed by atoms with Crippen molar-refractivity contribution < 1.29 is 4.79 Å². The largest absolute Gasteiger partial charge is 0.299 e. The second-order valence-electron chi connectivity index (χ2n) is 6.09. The van der Waals surface area contributed by atoms with E-state index in [1.54, 1.807) is 0 Å². The molecule has 1 nitrogen and oxygen atoms in total. The van der Waals surface area contributed by atoms with Gasteiger partial charge in [-0.1, -0.05) is 45.1 Å². The van der Waals surface area contributed by atoms with Crippen LogP contribution >= 0.6 is 0 Å². The lowest BCUT2D eigenvalue weighted by Gasteiger charge is -2.52. The highest BCUT2D eigenvalue weighted by molar-refractivity contribution is 5.87. The second kappa shape index (κ2) is 3.87. The van der Waals surface area contributed by atoms with Gasteiger partial charge in [-0.25, -0.2) is 0 Å². The SMILES string of the molecule is C=C1CCC=CC(C)C(=O)C2C1CC2(C)C. The molecule has 2 rings (SSSR count). The topological polar surface area (TPSA) is 17.1 Å². The molecule has 2 aliphatic rings. The molecule has 0 bridgehead atoms. The van der Waals surface area contributed by atoms with Gasteiger partial charge >= 0.3 is 0 Å². The molecule has 2 aliphatic carbocycles. The molecule has 0 N–H and O–H groups in total. The van der Waals surface area contributed by atoms with Crippen LogP contribution in [0.15, 0.2) is 24.3 Å². The summed E-state index contributed by atoms with van der Waals surface area (Å²) >= 11 is 0. The first-order chi connectivity index (χ1) is 7.43. The standard InChI is InChI=1S/C15H22O/c1-10-7-5-6-8-11(2)14(16)13-12(10)9-15(13,3)4/h6,8,11-13H,1,5,7,9H2,2-4H3. The molecule has 0 heterocycles.